The predicted octanol–water partition coefficient (Wildman–Crippen LogP) is 2.54. The maximum absolute atomic E-state index is 11.9. The van der Waals surface area contributed by atoms with Crippen LogP contribution in [0.2, 0.25) is 0 Å². The number of carbonyl (C=O) groups excluding carboxylic acids is 2. The van der Waals surface area contributed by atoms with Gasteiger partial charge in [-0.05, 0) is 36.4 Å². The molecule has 6 nitrogen and oxygen atoms in total. The van der Waals surface area contributed by atoms with E-state index in [1.165, 1.54) is 17.2 Å². The van der Waals surface area contributed by atoms with Crippen molar-refractivity contribution >= 4 is 27.8 Å². The largest absolute Gasteiger partial charge is 0.492 e. The number of hydrogen-bond acceptors (Lipinski definition) is 5. The first-order chi connectivity index (χ1) is 11.6. The predicted molar refractivity (Wildman–Crippen MR) is 91.8 cm³/mol. The van der Waals surface area contributed by atoms with Gasteiger partial charge in [0.05, 0.1) is 6.54 Å². The minimum absolute atomic E-state index is 0.173. The molecular formula is C17H17BrN2O4. The number of nitrogens with zero attached hydrogens (tertiary/aromatic N) is 2. The molecule has 1 aromatic carbocycles. The molecule has 7 heteroatoms. The first-order valence-corrected chi connectivity index (χ1v) is 8.06. The number of benzene rings is 1. The summed E-state index contributed by atoms with van der Waals surface area (Å²) < 4.78 is 11.5. The van der Waals surface area contributed by atoms with Crippen molar-refractivity contribution in [2.24, 2.45) is 0 Å². The van der Waals surface area contributed by atoms with Gasteiger partial charge in [0.2, 0.25) is 0 Å². The summed E-state index contributed by atoms with van der Waals surface area (Å²) in [5.74, 6) is -0.206. The number of likely N-dealkylation sites (N-methyl/N-ethyl adjacent to an activating group) is 1. The standard InChI is InChI=1S/C17H17BrN2O4/c1-20(10-11-23-14-7-5-13(18)6-8-14)16(21)12-24-17(22)15-4-2-3-9-19-15/h2-9H,10-12H2,1H3. The zero-order chi connectivity index (χ0) is 17.4. The van der Waals surface area contributed by atoms with Gasteiger partial charge in [0, 0.05) is 17.7 Å². The molecule has 0 aliphatic carbocycles. The molecule has 0 bridgehead atoms. The number of rotatable bonds is 7. The number of halogens is 1. The highest BCUT2D eigenvalue weighted by atomic mass is 79.9. The molecule has 0 aliphatic heterocycles. The summed E-state index contributed by atoms with van der Waals surface area (Å²) in [6.45, 7) is 0.401. The van der Waals surface area contributed by atoms with Crippen LogP contribution in [0.15, 0.2) is 53.1 Å². The minimum Gasteiger partial charge on any atom is -0.492 e. The van der Waals surface area contributed by atoms with E-state index in [4.69, 9.17) is 9.47 Å². The minimum atomic E-state index is -0.622. The van der Waals surface area contributed by atoms with Crippen LogP contribution in [0.4, 0.5) is 0 Å². The topological polar surface area (TPSA) is 68.7 Å². The van der Waals surface area contributed by atoms with Gasteiger partial charge in [-0.15, -0.1) is 0 Å². The Bertz CT molecular complexity index is 677. The Morgan fingerprint density at radius 3 is 2.58 bits per heavy atom. The van der Waals surface area contributed by atoms with Gasteiger partial charge in [-0.2, -0.15) is 0 Å². The Labute approximate surface area is 148 Å². The third-order valence-corrected chi connectivity index (χ3v) is 3.66. The molecular weight excluding hydrogens is 376 g/mol. The van der Waals surface area contributed by atoms with E-state index in [0.29, 0.717) is 13.2 Å². The summed E-state index contributed by atoms with van der Waals surface area (Å²) in [6, 6.07) is 12.3. The lowest BCUT2D eigenvalue weighted by Gasteiger charge is -2.17. The molecule has 1 heterocycles. The number of amides is 1. The fraction of sp³-hybridized carbons (Fsp3) is 0.235. The number of pyridine rings is 1. The van der Waals surface area contributed by atoms with Crippen LogP contribution in [0.25, 0.3) is 0 Å². The van der Waals surface area contributed by atoms with Crippen molar-refractivity contribution in [3.05, 3.63) is 58.8 Å². The molecule has 2 aromatic rings. The van der Waals surface area contributed by atoms with Crippen LogP contribution < -0.4 is 4.74 Å². The van der Waals surface area contributed by atoms with Crippen LogP contribution in [-0.2, 0) is 9.53 Å². The molecule has 1 aromatic heterocycles. The number of aromatic nitrogens is 1. The molecule has 1 amide bonds. The average molecular weight is 393 g/mol. The van der Waals surface area contributed by atoms with Crippen molar-refractivity contribution < 1.29 is 19.1 Å². The molecule has 0 saturated heterocycles. The van der Waals surface area contributed by atoms with Crippen molar-refractivity contribution in [3.63, 3.8) is 0 Å². The van der Waals surface area contributed by atoms with Gasteiger partial charge in [-0.3, -0.25) is 4.79 Å². The molecule has 0 radical (unpaired) electrons. The van der Waals surface area contributed by atoms with E-state index >= 15 is 0 Å². The van der Waals surface area contributed by atoms with Gasteiger partial charge in [0.25, 0.3) is 5.91 Å². The molecule has 24 heavy (non-hydrogen) atoms. The first kappa shape index (κ1) is 17.9. The van der Waals surface area contributed by atoms with Crippen molar-refractivity contribution in [3.8, 4) is 5.75 Å². The highest BCUT2D eigenvalue weighted by Crippen LogP contribution is 2.15. The fourth-order valence-electron chi connectivity index (χ4n) is 1.75. The van der Waals surface area contributed by atoms with Crippen LogP contribution in [0.3, 0.4) is 0 Å². The second-order valence-electron chi connectivity index (χ2n) is 4.91. The normalized spacial score (nSPS) is 10.1. The Morgan fingerprint density at radius 1 is 1.17 bits per heavy atom. The monoisotopic (exact) mass is 392 g/mol. The second-order valence-corrected chi connectivity index (χ2v) is 5.82. The Hall–Kier alpha value is -2.41. The number of ether oxygens (including phenoxy) is 2. The summed E-state index contributed by atoms with van der Waals surface area (Å²) in [5.41, 5.74) is 0.173. The maximum Gasteiger partial charge on any atom is 0.357 e. The highest BCUT2D eigenvalue weighted by molar-refractivity contribution is 9.10. The van der Waals surface area contributed by atoms with Gasteiger partial charge in [0.1, 0.15) is 18.1 Å². The fourth-order valence-corrected chi connectivity index (χ4v) is 2.02. The van der Waals surface area contributed by atoms with Crippen molar-refractivity contribution in [2.45, 2.75) is 0 Å². The Morgan fingerprint density at radius 2 is 1.92 bits per heavy atom. The summed E-state index contributed by atoms with van der Waals surface area (Å²) in [5, 5.41) is 0. The smallest absolute Gasteiger partial charge is 0.357 e. The van der Waals surface area contributed by atoms with Gasteiger partial charge in [-0.25, -0.2) is 9.78 Å². The molecule has 2 rings (SSSR count). The SMILES string of the molecule is CN(CCOc1ccc(Br)cc1)C(=O)COC(=O)c1ccccn1. The van der Waals surface area contributed by atoms with Crippen molar-refractivity contribution in [1.82, 2.24) is 9.88 Å². The maximum atomic E-state index is 11.9. The molecule has 0 saturated carbocycles. The van der Waals surface area contributed by atoms with E-state index in [0.717, 1.165) is 10.2 Å². The van der Waals surface area contributed by atoms with E-state index in [1.807, 2.05) is 24.3 Å². The molecule has 0 atom stereocenters. The van der Waals surface area contributed by atoms with Crippen molar-refractivity contribution in [1.29, 1.82) is 0 Å². The summed E-state index contributed by atoms with van der Waals surface area (Å²) in [4.78, 5) is 29.0. The van der Waals surface area contributed by atoms with Gasteiger partial charge >= 0.3 is 5.97 Å². The molecule has 0 spiro atoms. The number of hydrogen-bond donors (Lipinski definition) is 0. The van der Waals surface area contributed by atoms with Crippen LogP contribution in [0, 0.1) is 0 Å². The van der Waals surface area contributed by atoms with E-state index in [2.05, 4.69) is 20.9 Å². The van der Waals surface area contributed by atoms with Gasteiger partial charge in [-0.1, -0.05) is 22.0 Å². The second kappa shape index (κ2) is 9.02. The Kier molecular flexibility index (Phi) is 6.74. The molecule has 126 valence electrons. The third kappa shape index (κ3) is 5.66. The van der Waals surface area contributed by atoms with E-state index in [-0.39, 0.29) is 18.2 Å². The van der Waals surface area contributed by atoms with Gasteiger partial charge < -0.3 is 14.4 Å². The first-order valence-electron chi connectivity index (χ1n) is 7.27. The quantitative estimate of drug-likeness (QED) is 0.677. The van der Waals surface area contributed by atoms with Crippen molar-refractivity contribution in [2.75, 3.05) is 26.8 Å². The lowest BCUT2D eigenvalue weighted by atomic mass is 10.3. The van der Waals surface area contributed by atoms with Crippen LogP contribution in [0.1, 0.15) is 10.5 Å². The van der Waals surface area contributed by atoms with Crippen LogP contribution in [0.5, 0.6) is 5.75 Å². The van der Waals surface area contributed by atoms with Gasteiger partial charge in [0.15, 0.2) is 6.61 Å². The zero-order valence-electron chi connectivity index (χ0n) is 13.1. The number of carbonyl (C=O) groups is 2. The summed E-state index contributed by atoms with van der Waals surface area (Å²) in [7, 11) is 1.63. The van der Waals surface area contributed by atoms with E-state index in [1.54, 1.807) is 19.2 Å². The third-order valence-electron chi connectivity index (χ3n) is 3.14. The highest BCUT2D eigenvalue weighted by Gasteiger charge is 2.14. The molecule has 0 unspecified atom stereocenters. The Balaban J connectivity index is 1.70. The number of esters is 1. The molecule has 0 aliphatic rings. The zero-order valence-corrected chi connectivity index (χ0v) is 14.7. The summed E-state index contributed by atoms with van der Waals surface area (Å²) in [6.07, 6.45) is 1.49. The van der Waals surface area contributed by atoms with E-state index < -0.39 is 5.97 Å². The molecule has 0 fully saturated rings. The van der Waals surface area contributed by atoms with Crippen LogP contribution in [-0.4, -0.2) is 48.6 Å². The van der Waals surface area contributed by atoms with Crippen LogP contribution >= 0.6 is 15.9 Å². The molecule has 0 N–H and O–H groups in total. The average Bonchev–Trinajstić information content (AvgIpc) is 2.61. The van der Waals surface area contributed by atoms with E-state index in [9.17, 15) is 9.59 Å². The lowest BCUT2D eigenvalue weighted by molar-refractivity contribution is -0.133. The lowest BCUT2D eigenvalue weighted by Crippen LogP contribution is -2.34. The summed E-state index contributed by atoms with van der Waals surface area (Å²) >= 11 is 3.35.